The third-order valence-corrected chi connectivity index (χ3v) is 3.80. The summed E-state index contributed by atoms with van der Waals surface area (Å²) in [4.78, 5) is 0. The first-order valence-corrected chi connectivity index (χ1v) is 7.09. The van der Waals surface area contributed by atoms with E-state index < -0.39 is 15.7 Å². The number of rotatable bonds is 7. The zero-order valence-corrected chi connectivity index (χ0v) is 11.8. The van der Waals surface area contributed by atoms with E-state index in [1.54, 1.807) is 7.05 Å². The summed E-state index contributed by atoms with van der Waals surface area (Å²) in [6.45, 7) is 9.80. The van der Waals surface area contributed by atoms with Gasteiger partial charge < -0.3 is 5.32 Å². The first-order valence-electron chi connectivity index (χ1n) is 5.65. The molecule has 16 heavy (non-hydrogen) atoms. The van der Waals surface area contributed by atoms with Gasteiger partial charge in [-0.2, -0.15) is 17.4 Å². The minimum Gasteiger partial charge on any atom is -0.317 e. The van der Waals surface area contributed by atoms with Crippen molar-refractivity contribution in [1.29, 1.82) is 0 Å². The molecule has 2 N–H and O–H groups in total. The minimum absolute atomic E-state index is 0.436. The molecule has 0 bridgehead atoms. The molecule has 0 aromatic carbocycles. The van der Waals surface area contributed by atoms with Crippen molar-refractivity contribution in [2.75, 3.05) is 26.7 Å². The average Bonchev–Trinajstić information content (AvgIpc) is 2.08. The van der Waals surface area contributed by atoms with E-state index in [-0.39, 0.29) is 0 Å². The molecule has 0 aromatic rings. The van der Waals surface area contributed by atoms with Crippen LogP contribution in [0.4, 0.5) is 0 Å². The quantitative estimate of drug-likeness (QED) is 0.650. The van der Waals surface area contributed by atoms with E-state index in [4.69, 9.17) is 0 Å². The molecule has 0 aliphatic carbocycles. The molecule has 6 heteroatoms. The van der Waals surface area contributed by atoms with Crippen LogP contribution < -0.4 is 10.0 Å². The number of nitrogens with zero attached hydrogens (tertiary/aromatic N) is 1. The third-order valence-electron chi connectivity index (χ3n) is 1.92. The van der Waals surface area contributed by atoms with Crippen molar-refractivity contribution in [3.63, 3.8) is 0 Å². The molecule has 0 aromatic heterocycles. The van der Waals surface area contributed by atoms with Crippen molar-refractivity contribution >= 4 is 10.2 Å². The Balaban J connectivity index is 4.11. The van der Waals surface area contributed by atoms with Gasteiger partial charge in [-0.1, -0.05) is 6.92 Å². The maximum absolute atomic E-state index is 11.8. The van der Waals surface area contributed by atoms with Gasteiger partial charge in [0.15, 0.2) is 0 Å². The van der Waals surface area contributed by atoms with Gasteiger partial charge in [0.05, 0.1) is 0 Å². The highest BCUT2D eigenvalue weighted by molar-refractivity contribution is 7.87. The highest BCUT2D eigenvalue weighted by Gasteiger charge is 2.23. The lowest BCUT2D eigenvalue weighted by Crippen LogP contribution is -2.48. The summed E-state index contributed by atoms with van der Waals surface area (Å²) in [6, 6.07) is 0. The van der Waals surface area contributed by atoms with Crippen LogP contribution in [0, 0.1) is 0 Å². The lowest BCUT2D eigenvalue weighted by atomic mass is 10.1. The van der Waals surface area contributed by atoms with Crippen molar-refractivity contribution in [1.82, 2.24) is 14.3 Å². The molecule has 0 saturated heterocycles. The molecule has 0 atom stereocenters. The highest BCUT2D eigenvalue weighted by atomic mass is 32.2. The van der Waals surface area contributed by atoms with Crippen LogP contribution in [-0.4, -0.2) is 44.9 Å². The van der Waals surface area contributed by atoms with Gasteiger partial charge in [0.2, 0.25) is 0 Å². The zero-order valence-electron chi connectivity index (χ0n) is 11.0. The topological polar surface area (TPSA) is 61.4 Å². The molecule has 0 aliphatic rings. The van der Waals surface area contributed by atoms with Crippen LogP contribution in [-0.2, 0) is 10.2 Å². The lowest BCUT2D eigenvalue weighted by Gasteiger charge is -2.25. The molecule has 0 saturated carbocycles. The Labute approximate surface area is 99.8 Å². The van der Waals surface area contributed by atoms with Gasteiger partial charge in [-0.3, -0.25) is 0 Å². The highest BCUT2D eigenvalue weighted by Crippen LogP contribution is 2.05. The summed E-state index contributed by atoms with van der Waals surface area (Å²) in [5.41, 5.74) is -0.436. The predicted molar refractivity (Wildman–Crippen MR) is 67.6 cm³/mol. The first-order chi connectivity index (χ1) is 7.19. The molecule has 0 heterocycles. The van der Waals surface area contributed by atoms with E-state index in [1.807, 2.05) is 27.7 Å². The summed E-state index contributed by atoms with van der Waals surface area (Å²) in [5, 5.41) is 3.16. The first kappa shape index (κ1) is 15.8. The largest absolute Gasteiger partial charge is 0.317 e. The van der Waals surface area contributed by atoms with Crippen LogP contribution in [0.3, 0.4) is 0 Å². The zero-order chi connectivity index (χ0) is 12.8. The predicted octanol–water partition coefficient (Wildman–Crippen LogP) is 0.551. The molecule has 98 valence electrons. The third kappa shape index (κ3) is 7.16. The second-order valence-corrected chi connectivity index (χ2v) is 6.66. The van der Waals surface area contributed by atoms with Crippen LogP contribution in [0.2, 0.25) is 0 Å². The van der Waals surface area contributed by atoms with Gasteiger partial charge >= 0.3 is 0 Å². The standard InChI is InChI=1S/C10H25N3O2S/c1-6-11-8-7-9-13(5)16(14,15)12-10(2,3)4/h11-12H,6-9H2,1-5H3. The summed E-state index contributed by atoms with van der Waals surface area (Å²) in [5.74, 6) is 0. The van der Waals surface area contributed by atoms with Crippen molar-refractivity contribution in [3.8, 4) is 0 Å². The van der Waals surface area contributed by atoms with Gasteiger partial charge in [0.25, 0.3) is 10.2 Å². The van der Waals surface area contributed by atoms with E-state index in [2.05, 4.69) is 10.0 Å². The molecule has 0 radical (unpaired) electrons. The average molecular weight is 251 g/mol. The number of nitrogens with one attached hydrogen (secondary N) is 2. The molecule has 0 fully saturated rings. The Morgan fingerprint density at radius 1 is 1.25 bits per heavy atom. The van der Waals surface area contributed by atoms with E-state index in [0.29, 0.717) is 6.54 Å². The molecule has 0 amide bonds. The summed E-state index contributed by atoms with van der Waals surface area (Å²) >= 11 is 0. The summed E-state index contributed by atoms with van der Waals surface area (Å²) in [6.07, 6.45) is 0.815. The maximum Gasteiger partial charge on any atom is 0.279 e. The van der Waals surface area contributed by atoms with Gasteiger partial charge in [-0.15, -0.1) is 0 Å². The van der Waals surface area contributed by atoms with Crippen LogP contribution >= 0.6 is 0 Å². The fourth-order valence-electron chi connectivity index (χ4n) is 1.19. The Morgan fingerprint density at radius 2 is 1.81 bits per heavy atom. The normalized spacial score (nSPS) is 13.4. The van der Waals surface area contributed by atoms with Crippen molar-refractivity contribution < 1.29 is 8.42 Å². The van der Waals surface area contributed by atoms with E-state index >= 15 is 0 Å². The number of hydrogen-bond acceptors (Lipinski definition) is 3. The van der Waals surface area contributed by atoms with E-state index in [0.717, 1.165) is 19.5 Å². The SMILES string of the molecule is CCNCCCN(C)S(=O)(=O)NC(C)(C)C. The fraction of sp³-hybridized carbons (Fsp3) is 1.00. The maximum atomic E-state index is 11.8. The van der Waals surface area contributed by atoms with Crippen LogP contribution in [0.25, 0.3) is 0 Å². The van der Waals surface area contributed by atoms with Gasteiger partial charge in [0.1, 0.15) is 0 Å². The molecular formula is C10H25N3O2S. The van der Waals surface area contributed by atoms with Crippen LogP contribution in [0.5, 0.6) is 0 Å². The second kappa shape index (κ2) is 6.54. The van der Waals surface area contributed by atoms with E-state index in [9.17, 15) is 8.42 Å². The molecular weight excluding hydrogens is 226 g/mol. The summed E-state index contributed by atoms with van der Waals surface area (Å²) < 4.78 is 27.6. The Bertz CT molecular complexity index is 283. The second-order valence-electron chi connectivity index (χ2n) is 4.89. The molecule has 5 nitrogen and oxygen atoms in total. The van der Waals surface area contributed by atoms with Crippen LogP contribution in [0.15, 0.2) is 0 Å². The summed E-state index contributed by atoms with van der Waals surface area (Å²) in [7, 11) is -1.75. The van der Waals surface area contributed by atoms with Gasteiger partial charge in [-0.05, 0) is 40.3 Å². The van der Waals surface area contributed by atoms with Crippen molar-refractivity contribution in [3.05, 3.63) is 0 Å². The molecule has 0 aliphatic heterocycles. The Kier molecular flexibility index (Phi) is 6.47. The van der Waals surface area contributed by atoms with Crippen molar-refractivity contribution in [2.24, 2.45) is 0 Å². The minimum atomic E-state index is -3.35. The molecule has 0 rings (SSSR count). The molecule has 0 unspecified atom stereocenters. The number of hydrogen-bond donors (Lipinski definition) is 2. The Hall–Kier alpha value is -0.170. The molecule has 0 spiro atoms. The fourth-order valence-corrected chi connectivity index (χ4v) is 2.49. The lowest BCUT2D eigenvalue weighted by molar-refractivity contribution is 0.417. The van der Waals surface area contributed by atoms with E-state index in [1.165, 1.54) is 4.31 Å². The van der Waals surface area contributed by atoms with Crippen molar-refractivity contribution in [2.45, 2.75) is 39.7 Å². The van der Waals surface area contributed by atoms with Crippen LogP contribution in [0.1, 0.15) is 34.1 Å². The van der Waals surface area contributed by atoms with Gasteiger partial charge in [-0.25, -0.2) is 0 Å². The Morgan fingerprint density at radius 3 is 2.25 bits per heavy atom. The van der Waals surface area contributed by atoms with Gasteiger partial charge in [0, 0.05) is 19.1 Å². The smallest absolute Gasteiger partial charge is 0.279 e. The monoisotopic (exact) mass is 251 g/mol.